The lowest BCUT2D eigenvalue weighted by Gasteiger charge is -2.61. The highest BCUT2D eigenvalue weighted by Gasteiger charge is 2.58. The van der Waals surface area contributed by atoms with E-state index >= 15 is 0 Å². The molecular weight excluding hydrogens is 429 g/mol. The lowest BCUT2D eigenvalue weighted by Crippen LogP contribution is -2.58. The number of hydrogen-bond acceptors (Lipinski definition) is 3. The molecule has 4 saturated carbocycles. The fourth-order valence-corrected chi connectivity index (χ4v) is 6.85. The van der Waals surface area contributed by atoms with Gasteiger partial charge in [0.05, 0.1) is 11.1 Å². The molecule has 0 aromatic heterocycles. The van der Waals surface area contributed by atoms with E-state index in [0.29, 0.717) is 23.5 Å². The fraction of sp³-hybridized carbons (Fsp3) is 0.519. The predicted octanol–water partition coefficient (Wildman–Crippen LogP) is 7.30. The van der Waals surface area contributed by atoms with Crippen molar-refractivity contribution in [3.05, 3.63) is 59.7 Å². The minimum Gasteiger partial charge on any atom is -0.487 e. The number of hydrogen-bond donors (Lipinski definition) is 0. The maximum Gasteiger partial charge on any atom is 0.419 e. The molecule has 0 spiro atoms. The molecular formula is C27H29F3O3. The van der Waals surface area contributed by atoms with E-state index in [4.69, 9.17) is 9.47 Å². The Hall–Kier alpha value is -2.50. The molecule has 0 saturated heterocycles. The molecule has 2 aromatic rings. The molecule has 4 bridgehead atoms. The van der Waals surface area contributed by atoms with Gasteiger partial charge in [0.15, 0.2) is 0 Å². The number of ether oxygens (including phenoxy) is 2. The highest BCUT2D eigenvalue weighted by molar-refractivity contribution is 5.91. The third-order valence-corrected chi connectivity index (χ3v) is 8.16. The van der Waals surface area contributed by atoms with Crippen molar-refractivity contribution in [2.75, 3.05) is 0 Å². The quantitative estimate of drug-likeness (QED) is 0.348. The summed E-state index contributed by atoms with van der Waals surface area (Å²) in [5.74, 6) is 1.26. The first-order chi connectivity index (χ1) is 15.5. The fourth-order valence-electron chi connectivity index (χ4n) is 6.85. The van der Waals surface area contributed by atoms with Gasteiger partial charge in [0.25, 0.3) is 0 Å². The first-order valence-corrected chi connectivity index (χ1v) is 11.7. The average Bonchev–Trinajstić information content (AvgIpc) is 2.72. The molecule has 0 heterocycles. The van der Waals surface area contributed by atoms with Gasteiger partial charge in [-0.3, -0.25) is 0 Å². The van der Waals surface area contributed by atoms with Crippen LogP contribution in [0.5, 0.6) is 11.5 Å². The van der Waals surface area contributed by atoms with Crippen LogP contribution in [-0.4, -0.2) is 11.6 Å². The Kier molecular flexibility index (Phi) is 5.26. The van der Waals surface area contributed by atoms with E-state index in [0.717, 1.165) is 31.4 Å². The van der Waals surface area contributed by atoms with Gasteiger partial charge in [-0.05, 0) is 100 Å². The largest absolute Gasteiger partial charge is 0.487 e. The molecule has 33 heavy (non-hydrogen) atoms. The van der Waals surface area contributed by atoms with Crippen molar-refractivity contribution in [1.29, 1.82) is 0 Å². The first kappa shape index (κ1) is 22.3. The van der Waals surface area contributed by atoms with Crippen molar-refractivity contribution in [1.82, 2.24) is 0 Å². The highest BCUT2D eigenvalue weighted by Crippen LogP contribution is 2.64. The van der Waals surface area contributed by atoms with Crippen LogP contribution in [0.3, 0.4) is 0 Å². The van der Waals surface area contributed by atoms with E-state index in [-0.39, 0.29) is 16.7 Å². The molecule has 0 radical (unpaired) electrons. The van der Waals surface area contributed by atoms with Crippen LogP contribution in [0.25, 0.3) is 0 Å². The Labute approximate surface area is 192 Å². The summed E-state index contributed by atoms with van der Waals surface area (Å²) in [7, 11) is 0. The lowest BCUT2D eigenvalue weighted by atomic mass is 9.46. The van der Waals surface area contributed by atoms with Gasteiger partial charge in [0.1, 0.15) is 17.1 Å². The standard InChI is InChI=1S/C27H29F3O3/c1-25(2,26-14-17-10-18(15-26)12-19(11-17)16-26)33-23-13-20(8-9-22(23)27(28,29)30)24(31)32-21-6-4-3-5-7-21/h3-9,13,17-19H,10-12,14-16H2,1-2H3. The molecule has 6 rings (SSSR count). The maximum absolute atomic E-state index is 13.9. The van der Waals surface area contributed by atoms with Gasteiger partial charge in [-0.15, -0.1) is 0 Å². The number of alkyl halides is 3. The van der Waals surface area contributed by atoms with Crippen LogP contribution < -0.4 is 9.47 Å². The topological polar surface area (TPSA) is 35.5 Å². The van der Waals surface area contributed by atoms with Gasteiger partial charge in [0.2, 0.25) is 0 Å². The first-order valence-electron chi connectivity index (χ1n) is 11.7. The van der Waals surface area contributed by atoms with Crippen LogP contribution >= 0.6 is 0 Å². The minimum atomic E-state index is -4.59. The predicted molar refractivity (Wildman–Crippen MR) is 118 cm³/mol. The Bertz CT molecular complexity index is 1010. The molecule has 0 atom stereocenters. The van der Waals surface area contributed by atoms with Gasteiger partial charge in [-0.25, -0.2) is 4.79 Å². The summed E-state index contributed by atoms with van der Waals surface area (Å²) >= 11 is 0. The van der Waals surface area contributed by atoms with Crippen molar-refractivity contribution in [2.24, 2.45) is 23.2 Å². The number of para-hydroxylation sites is 1. The van der Waals surface area contributed by atoms with Crippen LogP contribution in [-0.2, 0) is 6.18 Å². The van der Waals surface area contributed by atoms with Crippen LogP contribution in [0.15, 0.2) is 48.5 Å². The summed E-state index contributed by atoms with van der Waals surface area (Å²) in [5.41, 5.74) is -1.75. The number of carbonyl (C=O) groups is 1. The summed E-state index contributed by atoms with van der Waals surface area (Å²) in [4.78, 5) is 12.7. The lowest BCUT2D eigenvalue weighted by molar-refractivity contribution is -0.159. The van der Waals surface area contributed by atoms with Crippen molar-refractivity contribution >= 4 is 5.97 Å². The summed E-state index contributed by atoms with van der Waals surface area (Å²) in [5, 5.41) is 0. The Morgan fingerprint density at radius 1 is 0.909 bits per heavy atom. The molecule has 0 unspecified atom stereocenters. The van der Waals surface area contributed by atoms with E-state index in [9.17, 15) is 18.0 Å². The molecule has 4 aliphatic rings. The van der Waals surface area contributed by atoms with Crippen LogP contribution in [0.2, 0.25) is 0 Å². The second-order valence-electron chi connectivity index (χ2n) is 10.7. The second-order valence-corrected chi connectivity index (χ2v) is 10.7. The maximum atomic E-state index is 13.9. The summed E-state index contributed by atoms with van der Waals surface area (Å²) in [6.07, 6.45) is 2.14. The molecule has 176 valence electrons. The molecule has 3 nitrogen and oxygen atoms in total. The summed E-state index contributed by atoms with van der Waals surface area (Å²) in [6, 6.07) is 11.7. The average molecular weight is 459 g/mol. The van der Waals surface area contributed by atoms with Crippen LogP contribution in [0, 0.1) is 23.2 Å². The number of benzene rings is 2. The van der Waals surface area contributed by atoms with E-state index in [1.807, 2.05) is 13.8 Å². The molecule has 4 fully saturated rings. The zero-order valence-corrected chi connectivity index (χ0v) is 19.0. The third kappa shape index (κ3) is 4.13. The monoisotopic (exact) mass is 458 g/mol. The zero-order valence-electron chi connectivity index (χ0n) is 19.0. The minimum absolute atomic E-state index is 0.0307. The molecule has 4 aliphatic carbocycles. The normalized spacial score (nSPS) is 28.6. The van der Waals surface area contributed by atoms with Crippen molar-refractivity contribution in [2.45, 2.75) is 64.1 Å². The van der Waals surface area contributed by atoms with Gasteiger partial charge in [-0.2, -0.15) is 13.2 Å². The Balaban J connectivity index is 1.46. The molecule has 2 aromatic carbocycles. The molecule has 0 amide bonds. The van der Waals surface area contributed by atoms with Gasteiger partial charge in [0, 0.05) is 5.41 Å². The van der Waals surface area contributed by atoms with E-state index in [1.165, 1.54) is 25.3 Å². The Morgan fingerprint density at radius 2 is 1.48 bits per heavy atom. The molecule has 6 heteroatoms. The van der Waals surface area contributed by atoms with Crippen LogP contribution in [0.4, 0.5) is 13.2 Å². The summed E-state index contributed by atoms with van der Waals surface area (Å²) < 4.78 is 53.2. The van der Waals surface area contributed by atoms with E-state index in [1.54, 1.807) is 30.3 Å². The smallest absolute Gasteiger partial charge is 0.419 e. The van der Waals surface area contributed by atoms with Crippen molar-refractivity contribution in [3.8, 4) is 11.5 Å². The number of esters is 1. The number of halogens is 3. The second kappa shape index (κ2) is 7.78. The summed E-state index contributed by atoms with van der Waals surface area (Å²) in [6.45, 7) is 3.85. The molecule has 0 aliphatic heterocycles. The van der Waals surface area contributed by atoms with Crippen molar-refractivity contribution < 1.29 is 27.4 Å². The van der Waals surface area contributed by atoms with Gasteiger partial charge < -0.3 is 9.47 Å². The molecule has 0 N–H and O–H groups in total. The SMILES string of the molecule is CC(C)(Oc1cc(C(=O)Oc2ccccc2)ccc1C(F)(F)F)C12CC3CC(CC(C3)C1)C2. The van der Waals surface area contributed by atoms with Gasteiger partial charge >= 0.3 is 12.1 Å². The number of rotatable bonds is 5. The van der Waals surface area contributed by atoms with Crippen LogP contribution in [0.1, 0.15) is 68.3 Å². The van der Waals surface area contributed by atoms with E-state index in [2.05, 4.69) is 0 Å². The zero-order chi connectivity index (χ0) is 23.4. The van der Waals surface area contributed by atoms with E-state index < -0.39 is 23.3 Å². The highest BCUT2D eigenvalue weighted by atomic mass is 19.4. The van der Waals surface area contributed by atoms with Gasteiger partial charge in [-0.1, -0.05) is 18.2 Å². The number of carbonyl (C=O) groups excluding carboxylic acids is 1. The Morgan fingerprint density at radius 3 is 2.03 bits per heavy atom. The van der Waals surface area contributed by atoms with Crippen molar-refractivity contribution in [3.63, 3.8) is 0 Å². The third-order valence-electron chi connectivity index (χ3n) is 8.16.